The zero-order valence-corrected chi connectivity index (χ0v) is 23.6. The number of thiophene rings is 1. The third-order valence-electron chi connectivity index (χ3n) is 6.23. The normalized spacial score (nSPS) is 11.5. The molecule has 0 radical (unpaired) electrons. The van der Waals surface area contributed by atoms with E-state index < -0.39 is 0 Å². The molecule has 0 amide bonds. The predicted molar refractivity (Wildman–Crippen MR) is 155 cm³/mol. The number of fused-ring (bicyclic) bond motifs is 1. The highest BCUT2D eigenvalue weighted by atomic mass is 32.1. The van der Waals surface area contributed by atoms with Crippen molar-refractivity contribution in [3.05, 3.63) is 76.9 Å². The van der Waals surface area contributed by atoms with Gasteiger partial charge in [-0.3, -0.25) is 9.78 Å². The van der Waals surface area contributed by atoms with E-state index >= 15 is 0 Å². The molecule has 0 aliphatic heterocycles. The molecule has 0 saturated heterocycles. The Balaban J connectivity index is 1.48. The summed E-state index contributed by atoms with van der Waals surface area (Å²) in [6.45, 7) is 7.39. The van der Waals surface area contributed by atoms with Crippen molar-refractivity contribution < 1.29 is 23.7 Å². The average molecular weight is 544 g/mol. The summed E-state index contributed by atoms with van der Waals surface area (Å²) in [5, 5.41) is 3.33. The molecule has 0 aliphatic rings. The summed E-state index contributed by atoms with van der Waals surface area (Å²) in [5.41, 5.74) is 5.17. The second-order valence-corrected chi connectivity index (χ2v) is 9.85. The van der Waals surface area contributed by atoms with Crippen molar-refractivity contribution in [3.8, 4) is 34.5 Å². The smallest absolute Gasteiger partial charge is 0.307 e. The number of nitrogens with zero attached hydrogens (tertiary/aromatic N) is 1. The molecule has 7 heteroatoms. The number of aryl methyl sites for hydroxylation is 1. The van der Waals surface area contributed by atoms with Gasteiger partial charge in [0.05, 0.1) is 31.7 Å². The fraction of sp³-hybridized carbons (Fsp3) is 0.312. The molecule has 0 spiro atoms. The van der Waals surface area contributed by atoms with Gasteiger partial charge in [0.1, 0.15) is 24.7 Å². The zero-order valence-electron chi connectivity index (χ0n) is 22.8. The van der Waals surface area contributed by atoms with Gasteiger partial charge in [0.25, 0.3) is 0 Å². The molecule has 2 heterocycles. The van der Waals surface area contributed by atoms with Crippen LogP contribution < -0.4 is 9.47 Å². The lowest BCUT2D eigenvalue weighted by Gasteiger charge is -2.12. The molecule has 4 aromatic rings. The third kappa shape index (κ3) is 7.38. The summed E-state index contributed by atoms with van der Waals surface area (Å²) in [5.74, 6) is 7.06. The third-order valence-corrected chi connectivity index (χ3v) is 7.19. The van der Waals surface area contributed by atoms with E-state index in [4.69, 9.17) is 18.9 Å². The largest absolute Gasteiger partial charge is 0.490 e. The minimum Gasteiger partial charge on any atom is -0.490 e. The van der Waals surface area contributed by atoms with Gasteiger partial charge in [-0.05, 0) is 67.6 Å². The maximum Gasteiger partial charge on any atom is 0.307 e. The second-order valence-electron chi connectivity index (χ2n) is 8.94. The minimum absolute atomic E-state index is 0.204. The Kier molecular flexibility index (Phi) is 9.96. The maximum absolute atomic E-state index is 12.0. The van der Waals surface area contributed by atoms with Gasteiger partial charge >= 0.3 is 5.97 Å². The van der Waals surface area contributed by atoms with Gasteiger partial charge in [-0.1, -0.05) is 24.1 Å². The lowest BCUT2D eigenvalue weighted by atomic mass is 9.96. The van der Waals surface area contributed by atoms with E-state index in [1.54, 1.807) is 38.5 Å². The fourth-order valence-electron chi connectivity index (χ4n) is 4.26. The van der Waals surface area contributed by atoms with Gasteiger partial charge < -0.3 is 18.9 Å². The van der Waals surface area contributed by atoms with Crippen LogP contribution >= 0.6 is 11.3 Å². The molecule has 2 aromatic carbocycles. The Morgan fingerprint density at radius 3 is 2.59 bits per heavy atom. The Labute approximate surface area is 233 Å². The van der Waals surface area contributed by atoms with Crippen LogP contribution in [0.4, 0.5) is 0 Å². The summed E-state index contributed by atoms with van der Waals surface area (Å²) in [6.07, 6.45) is 1.98. The first-order chi connectivity index (χ1) is 19.0. The standard InChI is InChI=1S/C32H33NO5S/c1-5-7-25(17-32(34)36-6-2)24-9-11-26(12-10-24)38-20-23-8-13-31-29(16-23)30(21-39-31)28-18-27(19-33-22(28)3)37-15-14-35-4/h8-13,16,18-19,21,25H,6,14-15,17,20H2,1-4H3/t25-/m0/s1. The summed E-state index contributed by atoms with van der Waals surface area (Å²) in [4.78, 5) is 16.5. The van der Waals surface area contributed by atoms with Crippen LogP contribution in [-0.4, -0.2) is 37.9 Å². The molecule has 0 saturated carbocycles. The van der Waals surface area contributed by atoms with Crippen molar-refractivity contribution in [2.45, 2.75) is 39.7 Å². The van der Waals surface area contributed by atoms with Crippen LogP contribution in [0.2, 0.25) is 0 Å². The number of hydrogen-bond acceptors (Lipinski definition) is 7. The van der Waals surface area contributed by atoms with Gasteiger partial charge in [0.2, 0.25) is 0 Å². The van der Waals surface area contributed by atoms with Gasteiger partial charge in [0, 0.05) is 34.0 Å². The molecule has 6 nitrogen and oxygen atoms in total. The van der Waals surface area contributed by atoms with E-state index in [2.05, 4.69) is 40.4 Å². The molecule has 1 atom stereocenters. The number of ether oxygens (including phenoxy) is 4. The maximum atomic E-state index is 12.0. The highest BCUT2D eigenvalue weighted by Gasteiger charge is 2.15. The Morgan fingerprint density at radius 2 is 1.85 bits per heavy atom. The fourth-order valence-corrected chi connectivity index (χ4v) is 5.20. The summed E-state index contributed by atoms with van der Waals surface area (Å²) in [7, 11) is 1.66. The van der Waals surface area contributed by atoms with Crippen molar-refractivity contribution in [1.29, 1.82) is 0 Å². The molecule has 0 bridgehead atoms. The van der Waals surface area contributed by atoms with E-state index in [1.165, 1.54) is 4.70 Å². The van der Waals surface area contributed by atoms with Gasteiger partial charge in [0.15, 0.2) is 0 Å². The first-order valence-electron chi connectivity index (χ1n) is 12.9. The van der Waals surface area contributed by atoms with Crippen LogP contribution in [0.25, 0.3) is 21.2 Å². The van der Waals surface area contributed by atoms with Crippen molar-refractivity contribution >= 4 is 27.4 Å². The van der Waals surface area contributed by atoms with Crippen LogP contribution in [0, 0.1) is 18.8 Å². The number of pyridine rings is 1. The second kappa shape index (κ2) is 13.8. The Morgan fingerprint density at radius 1 is 1.03 bits per heavy atom. The molecule has 39 heavy (non-hydrogen) atoms. The van der Waals surface area contributed by atoms with Crippen LogP contribution in [0.5, 0.6) is 11.5 Å². The molecule has 202 valence electrons. The predicted octanol–water partition coefficient (Wildman–Crippen LogP) is 6.94. The van der Waals surface area contributed by atoms with E-state index in [0.29, 0.717) is 26.4 Å². The quantitative estimate of drug-likeness (QED) is 0.110. The van der Waals surface area contributed by atoms with Gasteiger partial charge in [-0.15, -0.1) is 17.3 Å². The van der Waals surface area contributed by atoms with E-state index in [0.717, 1.165) is 44.8 Å². The molecule has 2 aromatic heterocycles. The van der Waals surface area contributed by atoms with Crippen LogP contribution in [0.15, 0.2) is 60.1 Å². The lowest BCUT2D eigenvalue weighted by Crippen LogP contribution is -2.09. The Bertz CT molecular complexity index is 1470. The summed E-state index contributed by atoms with van der Waals surface area (Å²) in [6, 6.07) is 16.2. The molecule has 0 fully saturated rings. The van der Waals surface area contributed by atoms with Crippen molar-refractivity contribution in [3.63, 3.8) is 0 Å². The summed E-state index contributed by atoms with van der Waals surface area (Å²) >= 11 is 1.71. The first-order valence-corrected chi connectivity index (χ1v) is 13.8. The highest BCUT2D eigenvalue weighted by Crippen LogP contribution is 2.37. The van der Waals surface area contributed by atoms with Crippen molar-refractivity contribution in [2.75, 3.05) is 26.9 Å². The van der Waals surface area contributed by atoms with Crippen molar-refractivity contribution in [2.24, 2.45) is 0 Å². The van der Waals surface area contributed by atoms with E-state index in [9.17, 15) is 4.79 Å². The minimum atomic E-state index is -0.245. The van der Waals surface area contributed by atoms with Gasteiger partial charge in [-0.2, -0.15) is 0 Å². The molecule has 4 rings (SSSR count). The van der Waals surface area contributed by atoms with Gasteiger partial charge in [-0.25, -0.2) is 0 Å². The number of methoxy groups -OCH3 is 1. The number of benzene rings is 2. The number of carbonyl (C=O) groups is 1. The molecule has 0 N–H and O–H groups in total. The van der Waals surface area contributed by atoms with Crippen LogP contribution in [0.3, 0.4) is 0 Å². The molecular weight excluding hydrogens is 510 g/mol. The first kappa shape index (κ1) is 28.2. The van der Waals surface area contributed by atoms with E-state index in [1.807, 2.05) is 37.3 Å². The van der Waals surface area contributed by atoms with E-state index in [-0.39, 0.29) is 18.3 Å². The number of rotatable bonds is 12. The number of hydrogen-bond donors (Lipinski definition) is 0. The molecule has 0 unspecified atom stereocenters. The topological polar surface area (TPSA) is 66.9 Å². The lowest BCUT2D eigenvalue weighted by molar-refractivity contribution is -0.143. The molecule has 0 aliphatic carbocycles. The zero-order chi connectivity index (χ0) is 27.6. The number of aromatic nitrogens is 1. The number of esters is 1. The SMILES string of the molecule is CC#C[C@@H](CC(=O)OCC)c1ccc(OCc2ccc3scc(-c4cc(OCCOC)cnc4C)c3c2)cc1. The Hall–Kier alpha value is -3.86. The van der Waals surface area contributed by atoms with Crippen LogP contribution in [-0.2, 0) is 20.9 Å². The monoisotopic (exact) mass is 543 g/mol. The summed E-state index contributed by atoms with van der Waals surface area (Å²) < 4.78 is 23.3. The molecular formula is C32H33NO5S. The van der Waals surface area contributed by atoms with Crippen molar-refractivity contribution in [1.82, 2.24) is 4.98 Å². The number of carbonyl (C=O) groups excluding carboxylic acids is 1. The van der Waals surface area contributed by atoms with Crippen LogP contribution in [0.1, 0.15) is 43.0 Å². The average Bonchev–Trinajstić information content (AvgIpc) is 3.36. The highest BCUT2D eigenvalue weighted by molar-refractivity contribution is 7.17.